The van der Waals surface area contributed by atoms with Gasteiger partial charge >= 0.3 is 0 Å². The van der Waals surface area contributed by atoms with Gasteiger partial charge in [0.25, 0.3) is 0 Å². The molecule has 3 nitrogen and oxygen atoms in total. The number of benzene rings is 1. The average Bonchev–Trinajstić information content (AvgIpc) is 2.32. The quantitative estimate of drug-likeness (QED) is 0.660. The van der Waals surface area contributed by atoms with Crippen molar-refractivity contribution in [1.82, 2.24) is 10.2 Å². The fourth-order valence-corrected chi connectivity index (χ4v) is 1.68. The van der Waals surface area contributed by atoms with Crippen molar-refractivity contribution in [1.29, 1.82) is 0 Å². The lowest BCUT2D eigenvalue weighted by atomic mass is 10.2. The molecule has 0 aromatic heterocycles. The third-order valence-electron chi connectivity index (χ3n) is 2.34. The lowest BCUT2D eigenvalue weighted by Crippen LogP contribution is -2.38. The fraction of sp³-hybridized carbons (Fsp3) is 0.462. The van der Waals surface area contributed by atoms with Crippen LogP contribution >= 0.6 is 11.6 Å². The van der Waals surface area contributed by atoms with E-state index in [1.807, 2.05) is 38.2 Å². The molecular weight excluding hydrogens is 234 g/mol. The minimum Gasteiger partial charge on any atom is -0.357 e. The molecule has 0 aliphatic rings. The van der Waals surface area contributed by atoms with E-state index in [0.29, 0.717) is 0 Å². The first-order valence-corrected chi connectivity index (χ1v) is 6.29. The van der Waals surface area contributed by atoms with E-state index < -0.39 is 0 Å². The number of hydrogen-bond donors (Lipinski definition) is 1. The maximum Gasteiger partial charge on any atom is 0.193 e. The van der Waals surface area contributed by atoms with Gasteiger partial charge < -0.3 is 10.2 Å². The molecule has 0 bridgehead atoms. The van der Waals surface area contributed by atoms with Crippen LogP contribution in [0.1, 0.15) is 19.4 Å². The van der Waals surface area contributed by atoms with Crippen LogP contribution in [-0.2, 0) is 6.54 Å². The molecule has 0 amide bonds. The number of nitrogens with zero attached hydrogens (tertiary/aromatic N) is 2. The largest absolute Gasteiger partial charge is 0.357 e. The molecule has 0 radical (unpaired) electrons. The third kappa shape index (κ3) is 4.65. The maximum atomic E-state index is 5.86. The predicted molar refractivity (Wildman–Crippen MR) is 74.6 cm³/mol. The summed E-state index contributed by atoms with van der Waals surface area (Å²) >= 11 is 5.86. The smallest absolute Gasteiger partial charge is 0.193 e. The van der Waals surface area contributed by atoms with Gasteiger partial charge in [0, 0.05) is 31.7 Å². The zero-order chi connectivity index (χ0) is 12.7. The highest BCUT2D eigenvalue weighted by molar-refractivity contribution is 6.30. The average molecular weight is 254 g/mol. The number of nitrogens with one attached hydrogen (secondary N) is 1. The van der Waals surface area contributed by atoms with Gasteiger partial charge in [-0.2, -0.15) is 0 Å². The molecule has 0 aliphatic carbocycles. The zero-order valence-electron chi connectivity index (χ0n) is 10.7. The van der Waals surface area contributed by atoms with Crippen molar-refractivity contribution in [2.75, 3.05) is 20.1 Å². The Bertz CT molecular complexity index is 359. The van der Waals surface area contributed by atoms with Crippen LogP contribution in [0.5, 0.6) is 0 Å². The second-order valence-corrected chi connectivity index (χ2v) is 4.25. The van der Waals surface area contributed by atoms with E-state index in [0.717, 1.165) is 30.6 Å². The molecule has 94 valence electrons. The molecule has 0 saturated heterocycles. The first kappa shape index (κ1) is 13.8. The van der Waals surface area contributed by atoms with Crippen LogP contribution in [0.25, 0.3) is 0 Å². The number of hydrogen-bond acceptors (Lipinski definition) is 1. The summed E-state index contributed by atoms with van der Waals surface area (Å²) in [4.78, 5) is 6.54. The number of rotatable bonds is 4. The summed E-state index contributed by atoms with van der Waals surface area (Å²) in [5.74, 6) is 0.935. The van der Waals surface area contributed by atoms with Gasteiger partial charge in [-0.1, -0.05) is 23.7 Å². The fourth-order valence-electron chi connectivity index (χ4n) is 1.56. The summed E-state index contributed by atoms with van der Waals surface area (Å²) < 4.78 is 0. The van der Waals surface area contributed by atoms with Gasteiger partial charge in [0.05, 0.1) is 0 Å². The zero-order valence-corrected chi connectivity index (χ0v) is 11.5. The Morgan fingerprint density at radius 3 is 2.47 bits per heavy atom. The summed E-state index contributed by atoms with van der Waals surface area (Å²) in [7, 11) is 2.03. The molecule has 0 atom stereocenters. The highest BCUT2D eigenvalue weighted by Gasteiger charge is 2.05. The SMILES string of the molecule is CCN=C(NCC)N(C)Cc1ccc(Cl)cc1. The standard InChI is InChI=1S/C13H20ClN3/c1-4-15-13(16-5-2)17(3)10-11-6-8-12(14)9-7-11/h6-9H,4-5,10H2,1-3H3,(H,15,16). The van der Waals surface area contributed by atoms with Gasteiger partial charge in [0.2, 0.25) is 0 Å². The van der Waals surface area contributed by atoms with Gasteiger partial charge in [-0.05, 0) is 31.5 Å². The van der Waals surface area contributed by atoms with E-state index in [9.17, 15) is 0 Å². The lowest BCUT2D eigenvalue weighted by Gasteiger charge is -2.22. The van der Waals surface area contributed by atoms with Crippen molar-refractivity contribution in [2.45, 2.75) is 20.4 Å². The van der Waals surface area contributed by atoms with Crippen molar-refractivity contribution in [3.8, 4) is 0 Å². The van der Waals surface area contributed by atoms with Crippen molar-refractivity contribution in [2.24, 2.45) is 4.99 Å². The summed E-state index contributed by atoms with van der Waals surface area (Å²) in [6.07, 6.45) is 0. The molecule has 17 heavy (non-hydrogen) atoms. The normalized spacial score (nSPS) is 11.4. The first-order chi connectivity index (χ1) is 8.17. The van der Waals surface area contributed by atoms with Crippen LogP contribution in [0.4, 0.5) is 0 Å². The Labute approximate surface area is 108 Å². The third-order valence-corrected chi connectivity index (χ3v) is 2.59. The second-order valence-electron chi connectivity index (χ2n) is 3.81. The summed E-state index contributed by atoms with van der Waals surface area (Å²) in [5, 5.41) is 4.03. The molecule has 0 saturated carbocycles. The van der Waals surface area contributed by atoms with E-state index >= 15 is 0 Å². The molecule has 1 rings (SSSR count). The number of guanidine groups is 1. The Morgan fingerprint density at radius 2 is 1.94 bits per heavy atom. The number of aliphatic imine (C=N–C) groups is 1. The van der Waals surface area contributed by atoms with Crippen LogP contribution in [0, 0.1) is 0 Å². The van der Waals surface area contributed by atoms with Crippen LogP contribution in [0.2, 0.25) is 5.02 Å². The van der Waals surface area contributed by atoms with Crippen LogP contribution in [0.3, 0.4) is 0 Å². The molecule has 1 aromatic rings. The molecule has 0 spiro atoms. The van der Waals surface area contributed by atoms with Gasteiger partial charge in [-0.15, -0.1) is 0 Å². The Morgan fingerprint density at radius 1 is 1.29 bits per heavy atom. The van der Waals surface area contributed by atoms with Gasteiger partial charge in [-0.3, -0.25) is 4.99 Å². The van der Waals surface area contributed by atoms with Crippen LogP contribution < -0.4 is 5.32 Å². The molecular formula is C13H20ClN3. The minimum absolute atomic E-state index is 0.769. The maximum absolute atomic E-state index is 5.86. The molecule has 0 unspecified atom stereocenters. The van der Waals surface area contributed by atoms with Crippen LogP contribution in [0.15, 0.2) is 29.3 Å². The summed E-state index contributed by atoms with van der Waals surface area (Å²) in [6, 6.07) is 7.89. The molecule has 1 aromatic carbocycles. The van der Waals surface area contributed by atoms with E-state index in [1.165, 1.54) is 5.56 Å². The minimum atomic E-state index is 0.769. The Balaban J connectivity index is 2.66. The molecule has 1 N–H and O–H groups in total. The lowest BCUT2D eigenvalue weighted by molar-refractivity contribution is 0.477. The van der Waals surface area contributed by atoms with Crippen molar-refractivity contribution >= 4 is 17.6 Å². The van der Waals surface area contributed by atoms with Gasteiger partial charge in [-0.25, -0.2) is 0 Å². The summed E-state index contributed by atoms with van der Waals surface area (Å²) in [5.41, 5.74) is 1.22. The van der Waals surface area contributed by atoms with E-state index in [-0.39, 0.29) is 0 Å². The monoisotopic (exact) mass is 253 g/mol. The predicted octanol–water partition coefficient (Wildman–Crippen LogP) is 2.76. The van der Waals surface area contributed by atoms with Crippen molar-refractivity contribution < 1.29 is 0 Å². The van der Waals surface area contributed by atoms with Gasteiger partial charge in [0.15, 0.2) is 5.96 Å². The van der Waals surface area contributed by atoms with E-state index in [1.54, 1.807) is 0 Å². The van der Waals surface area contributed by atoms with Gasteiger partial charge in [0.1, 0.15) is 0 Å². The van der Waals surface area contributed by atoms with Crippen molar-refractivity contribution in [3.05, 3.63) is 34.9 Å². The molecule has 0 heterocycles. The molecule has 4 heteroatoms. The van der Waals surface area contributed by atoms with E-state index in [2.05, 4.69) is 22.1 Å². The topological polar surface area (TPSA) is 27.6 Å². The molecule has 0 fully saturated rings. The number of halogens is 1. The first-order valence-electron chi connectivity index (χ1n) is 5.91. The highest BCUT2D eigenvalue weighted by atomic mass is 35.5. The second kappa shape index (κ2) is 7.17. The van der Waals surface area contributed by atoms with Crippen LogP contribution in [-0.4, -0.2) is 31.0 Å². The Kier molecular flexibility index (Phi) is 5.84. The van der Waals surface area contributed by atoms with Crippen molar-refractivity contribution in [3.63, 3.8) is 0 Å². The Hall–Kier alpha value is -1.22. The summed E-state index contributed by atoms with van der Waals surface area (Å²) in [6.45, 7) is 6.59. The molecule has 0 aliphatic heterocycles. The van der Waals surface area contributed by atoms with E-state index in [4.69, 9.17) is 11.6 Å². The highest BCUT2D eigenvalue weighted by Crippen LogP contribution is 2.10.